The third-order valence-electron chi connectivity index (χ3n) is 3.59. The van der Waals surface area contributed by atoms with E-state index < -0.39 is 10.2 Å². The molecule has 1 aromatic carbocycles. The van der Waals surface area contributed by atoms with Crippen molar-refractivity contribution < 1.29 is 14.1 Å². The Labute approximate surface area is 152 Å². The quantitative estimate of drug-likeness (QED) is 0.401. The average Bonchev–Trinajstić information content (AvgIpc) is 3.25. The Hall–Kier alpha value is -3.14. The topological polar surface area (TPSA) is 116 Å². The molecule has 0 bridgehead atoms. The molecule has 0 saturated heterocycles. The molecule has 1 atom stereocenters. The fraction of sp³-hybridized carbons (Fsp3) is 0.188. The van der Waals surface area contributed by atoms with Crippen molar-refractivity contribution in [1.29, 1.82) is 0 Å². The molecule has 1 amide bonds. The van der Waals surface area contributed by atoms with Gasteiger partial charge in [0, 0.05) is 13.1 Å². The second-order valence-corrected chi connectivity index (χ2v) is 6.67. The van der Waals surface area contributed by atoms with Gasteiger partial charge in [0.1, 0.15) is 5.69 Å². The lowest BCUT2D eigenvalue weighted by Gasteiger charge is -2.11. The highest BCUT2D eigenvalue weighted by atomic mass is 32.2. The number of rotatable bonds is 6. The van der Waals surface area contributed by atoms with Gasteiger partial charge in [-0.25, -0.2) is 0 Å². The largest absolute Gasteiger partial charge is 0.461 e. The predicted molar refractivity (Wildman–Crippen MR) is 95.8 cm³/mol. The fourth-order valence-electron chi connectivity index (χ4n) is 2.22. The number of furan rings is 1. The number of amides is 1. The molecule has 3 rings (SSSR count). The van der Waals surface area contributed by atoms with Crippen molar-refractivity contribution in [3.8, 4) is 11.6 Å². The number of nitrogens with one attached hydrogen (secondary N) is 1. The molecular formula is C16H15N5O4S. The molecule has 3 aromatic rings. The smallest absolute Gasteiger partial charge is 0.292 e. The predicted octanol–water partition coefficient (Wildman–Crippen LogP) is 3.10. The van der Waals surface area contributed by atoms with Crippen molar-refractivity contribution in [1.82, 2.24) is 14.8 Å². The van der Waals surface area contributed by atoms with Crippen LogP contribution in [0.4, 0.5) is 11.4 Å². The second-order valence-electron chi connectivity index (χ2n) is 5.37. The van der Waals surface area contributed by atoms with Gasteiger partial charge in [0.25, 0.3) is 5.69 Å². The summed E-state index contributed by atoms with van der Waals surface area (Å²) in [5.41, 5.74) is 0.000929. The lowest BCUT2D eigenvalue weighted by atomic mass is 10.2. The van der Waals surface area contributed by atoms with Crippen LogP contribution in [0.1, 0.15) is 6.92 Å². The molecule has 134 valence electrons. The maximum absolute atomic E-state index is 12.4. The van der Waals surface area contributed by atoms with Crippen LogP contribution in [0.5, 0.6) is 0 Å². The standard InChI is InChI=1S/C16H15N5O4S/c1-10(15(22)17-11-6-3-4-7-12(11)21(23)24)26-16-19-18-14(20(16)2)13-8-5-9-25-13/h3-10H,1-2H3,(H,17,22). The van der Waals surface area contributed by atoms with E-state index in [1.807, 2.05) is 0 Å². The summed E-state index contributed by atoms with van der Waals surface area (Å²) in [5.74, 6) is 0.750. The van der Waals surface area contributed by atoms with Crippen LogP contribution in [0.25, 0.3) is 11.6 Å². The van der Waals surface area contributed by atoms with Gasteiger partial charge in [-0.05, 0) is 25.1 Å². The minimum Gasteiger partial charge on any atom is -0.461 e. The molecule has 26 heavy (non-hydrogen) atoms. The lowest BCUT2D eigenvalue weighted by molar-refractivity contribution is -0.383. The number of nitrogens with zero attached hydrogens (tertiary/aromatic N) is 4. The Morgan fingerprint density at radius 2 is 2.08 bits per heavy atom. The van der Waals surface area contributed by atoms with E-state index in [-0.39, 0.29) is 17.3 Å². The van der Waals surface area contributed by atoms with E-state index in [0.717, 1.165) is 0 Å². The highest BCUT2D eigenvalue weighted by molar-refractivity contribution is 8.00. The number of thioether (sulfide) groups is 1. The first-order valence-electron chi connectivity index (χ1n) is 7.61. The summed E-state index contributed by atoms with van der Waals surface area (Å²) in [5, 5.41) is 21.8. The zero-order chi connectivity index (χ0) is 18.7. The highest BCUT2D eigenvalue weighted by Gasteiger charge is 2.22. The summed E-state index contributed by atoms with van der Waals surface area (Å²) in [7, 11) is 1.77. The van der Waals surface area contributed by atoms with Gasteiger partial charge in [0.15, 0.2) is 16.7 Å². The summed E-state index contributed by atoms with van der Waals surface area (Å²) in [6.45, 7) is 1.69. The van der Waals surface area contributed by atoms with Crippen molar-refractivity contribution in [2.45, 2.75) is 17.3 Å². The number of nitro benzene ring substituents is 1. The molecule has 0 radical (unpaired) electrons. The van der Waals surface area contributed by atoms with Crippen LogP contribution < -0.4 is 5.32 Å². The van der Waals surface area contributed by atoms with Crippen molar-refractivity contribution >= 4 is 29.0 Å². The number of para-hydroxylation sites is 2. The van der Waals surface area contributed by atoms with E-state index in [1.165, 1.54) is 23.9 Å². The first-order chi connectivity index (χ1) is 12.5. The summed E-state index contributed by atoms with van der Waals surface area (Å²) in [6.07, 6.45) is 1.54. The normalized spacial score (nSPS) is 11.9. The lowest BCUT2D eigenvalue weighted by Crippen LogP contribution is -2.23. The van der Waals surface area contributed by atoms with Gasteiger partial charge in [-0.3, -0.25) is 14.9 Å². The SMILES string of the molecule is CC(Sc1nnc(-c2ccco2)n1C)C(=O)Nc1ccccc1[N+](=O)[O-]. The van der Waals surface area contributed by atoms with Gasteiger partial charge >= 0.3 is 0 Å². The van der Waals surface area contributed by atoms with Crippen LogP contribution in [0.15, 0.2) is 52.2 Å². The minimum atomic E-state index is -0.540. The average molecular weight is 373 g/mol. The van der Waals surface area contributed by atoms with Crippen molar-refractivity contribution in [3.63, 3.8) is 0 Å². The van der Waals surface area contributed by atoms with Crippen LogP contribution in [0.3, 0.4) is 0 Å². The third kappa shape index (κ3) is 3.59. The van der Waals surface area contributed by atoms with Crippen molar-refractivity contribution in [3.05, 3.63) is 52.8 Å². The first kappa shape index (κ1) is 17.7. The molecule has 2 aromatic heterocycles. The second kappa shape index (κ2) is 7.40. The van der Waals surface area contributed by atoms with E-state index in [4.69, 9.17) is 4.42 Å². The summed E-state index contributed by atoms with van der Waals surface area (Å²) in [6, 6.07) is 9.51. The van der Waals surface area contributed by atoms with Gasteiger partial charge in [0.2, 0.25) is 5.91 Å². The molecule has 10 heteroatoms. The molecule has 0 fully saturated rings. The van der Waals surface area contributed by atoms with E-state index in [0.29, 0.717) is 16.7 Å². The van der Waals surface area contributed by atoms with E-state index >= 15 is 0 Å². The Morgan fingerprint density at radius 1 is 1.31 bits per heavy atom. The number of aromatic nitrogens is 3. The van der Waals surface area contributed by atoms with Gasteiger partial charge in [-0.1, -0.05) is 23.9 Å². The van der Waals surface area contributed by atoms with Crippen LogP contribution >= 0.6 is 11.8 Å². The number of benzene rings is 1. The third-order valence-corrected chi connectivity index (χ3v) is 4.72. The van der Waals surface area contributed by atoms with Crippen molar-refractivity contribution in [2.75, 3.05) is 5.32 Å². The van der Waals surface area contributed by atoms with Gasteiger partial charge in [-0.15, -0.1) is 10.2 Å². The van der Waals surface area contributed by atoms with Crippen molar-refractivity contribution in [2.24, 2.45) is 7.05 Å². The minimum absolute atomic E-state index is 0.156. The van der Waals surface area contributed by atoms with E-state index in [1.54, 1.807) is 49.1 Å². The summed E-state index contributed by atoms with van der Waals surface area (Å²) in [4.78, 5) is 22.9. The number of hydrogen-bond acceptors (Lipinski definition) is 7. The Kier molecular flexibility index (Phi) is 5.03. The molecule has 0 aliphatic rings. The number of anilines is 1. The van der Waals surface area contributed by atoms with Crippen LogP contribution in [-0.4, -0.2) is 30.8 Å². The summed E-state index contributed by atoms with van der Waals surface area (Å²) >= 11 is 1.20. The molecule has 0 aliphatic heterocycles. The maximum Gasteiger partial charge on any atom is 0.292 e. The zero-order valence-electron chi connectivity index (χ0n) is 13.9. The molecule has 9 nitrogen and oxygen atoms in total. The summed E-state index contributed by atoms with van der Waals surface area (Å²) < 4.78 is 7.03. The number of carbonyl (C=O) groups excluding carboxylic acids is 1. The Balaban J connectivity index is 1.72. The van der Waals surface area contributed by atoms with E-state index in [2.05, 4.69) is 15.5 Å². The van der Waals surface area contributed by atoms with Crippen LogP contribution in [0, 0.1) is 10.1 Å². The molecule has 0 spiro atoms. The van der Waals surface area contributed by atoms with Gasteiger partial charge < -0.3 is 14.3 Å². The van der Waals surface area contributed by atoms with Gasteiger partial charge in [0.05, 0.1) is 16.4 Å². The zero-order valence-corrected chi connectivity index (χ0v) is 14.8. The van der Waals surface area contributed by atoms with Gasteiger partial charge in [-0.2, -0.15) is 0 Å². The van der Waals surface area contributed by atoms with Crippen LogP contribution in [-0.2, 0) is 11.8 Å². The molecular weight excluding hydrogens is 358 g/mol. The fourth-order valence-corrected chi connectivity index (χ4v) is 3.04. The highest BCUT2D eigenvalue weighted by Crippen LogP contribution is 2.28. The Bertz CT molecular complexity index is 938. The molecule has 0 aliphatic carbocycles. The molecule has 1 N–H and O–H groups in total. The molecule has 1 unspecified atom stereocenters. The first-order valence-corrected chi connectivity index (χ1v) is 8.49. The number of hydrogen-bond donors (Lipinski definition) is 1. The number of nitro groups is 1. The molecule has 2 heterocycles. The van der Waals surface area contributed by atoms with Crippen LogP contribution in [0.2, 0.25) is 0 Å². The monoisotopic (exact) mass is 373 g/mol. The van der Waals surface area contributed by atoms with E-state index in [9.17, 15) is 14.9 Å². The number of carbonyl (C=O) groups is 1. The Morgan fingerprint density at radius 3 is 2.77 bits per heavy atom. The maximum atomic E-state index is 12.4. The molecule has 0 saturated carbocycles.